The minimum atomic E-state index is -0.230. The molecule has 0 unspecified atom stereocenters. The molecule has 6 nitrogen and oxygen atoms in total. The summed E-state index contributed by atoms with van der Waals surface area (Å²) in [6.45, 7) is 2.52. The smallest absolute Gasteiger partial charge is 0.274 e. The van der Waals surface area contributed by atoms with Gasteiger partial charge in [0.25, 0.3) is 5.91 Å². The maximum atomic E-state index is 12.7. The van der Waals surface area contributed by atoms with Crippen LogP contribution in [-0.2, 0) is 0 Å². The number of ether oxygens (including phenoxy) is 1. The van der Waals surface area contributed by atoms with Crippen LogP contribution >= 0.6 is 0 Å². The van der Waals surface area contributed by atoms with Crippen molar-refractivity contribution < 1.29 is 9.53 Å². The van der Waals surface area contributed by atoms with Gasteiger partial charge in [-0.15, -0.1) is 0 Å². The summed E-state index contributed by atoms with van der Waals surface area (Å²) in [6.07, 6.45) is 0. The van der Waals surface area contributed by atoms with Gasteiger partial charge < -0.3 is 20.3 Å². The lowest BCUT2D eigenvalue weighted by Crippen LogP contribution is -2.46. The van der Waals surface area contributed by atoms with Gasteiger partial charge in [0.1, 0.15) is 17.3 Å². The number of carbonyl (C=O) groups excluding carboxylic acids is 1. The Morgan fingerprint density at radius 1 is 1.07 bits per heavy atom. The molecular weight excluding hydrogens is 364 g/mol. The SMILES string of the molecule is COc1ccc(NC(=O)c2cccc(N3CCN[C@@H](c4ccccc4)C3)n2)cc1. The zero-order valence-electron chi connectivity index (χ0n) is 16.3. The summed E-state index contributed by atoms with van der Waals surface area (Å²) >= 11 is 0. The van der Waals surface area contributed by atoms with Gasteiger partial charge in [-0.25, -0.2) is 4.98 Å². The van der Waals surface area contributed by atoms with Crippen molar-refractivity contribution in [2.45, 2.75) is 6.04 Å². The van der Waals surface area contributed by atoms with Gasteiger partial charge in [-0.05, 0) is 42.0 Å². The molecule has 1 aliphatic rings. The molecule has 6 heteroatoms. The average molecular weight is 388 g/mol. The first-order valence-electron chi connectivity index (χ1n) is 9.68. The van der Waals surface area contributed by atoms with Crippen molar-refractivity contribution >= 4 is 17.4 Å². The fourth-order valence-electron chi connectivity index (χ4n) is 3.46. The molecule has 3 aromatic rings. The lowest BCUT2D eigenvalue weighted by atomic mass is 10.0. The van der Waals surface area contributed by atoms with Gasteiger partial charge in [-0.2, -0.15) is 0 Å². The van der Waals surface area contributed by atoms with Crippen LogP contribution in [0.25, 0.3) is 0 Å². The molecule has 4 rings (SSSR count). The van der Waals surface area contributed by atoms with Gasteiger partial charge in [0, 0.05) is 31.4 Å². The monoisotopic (exact) mass is 388 g/mol. The van der Waals surface area contributed by atoms with Gasteiger partial charge >= 0.3 is 0 Å². The highest BCUT2D eigenvalue weighted by molar-refractivity contribution is 6.03. The second-order valence-electron chi connectivity index (χ2n) is 6.93. The van der Waals surface area contributed by atoms with E-state index in [-0.39, 0.29) is 11.9 Å². The molecule has 2 aromatic carbocycles. The second-order valence-corrected chi connectivity index (χ2v) is 6.93. The summed E-state index contributed by atoms with van der Waals surface area (Å²) < 4.78 is 5.15. The Kier molecular flexibility index (Phi) is 5.72. The topological polar surface area (TPSA) is 66.5 Å². The van der Waals surface area contributed by atoms with Crippen molar-refractivity contribution in [3.8, 4) is 5.75 Å². The van der Waals surface area contributed by atoms with Crippen LogP contribution in [0.2, 0.25) is 0 Å². The number of rotatable bonds is 5. The summed E-state index contributed by atoms with van der Waals surface area (Å²) in [5, 5.41) is 6.44. The van der Waals surface area contributed by atoms with Crippen molar-refractivity contribution in [2.75, 3.05) is 37.0 Å². The standard InChI is InChI=1S/C23H24N4O2/c1-29-19-12-10-18(11-13-19)25-23(28)20-8-5-9-22(26-20)27-15-14-24-21(16-27)17-6-3-2-4-7-17/h2-13,21,24H,14-16H2,1H3,(H,25,28)/t21-/m1/s1. The van der Waals surface area contributed by atoms with E-state index in [1.165, 1.54) is 5.56 Å². The minimum absolute atomic E-state index is 0.230. The van der Waals surface area contributed by atoms with E-state index in [0.717, 1.165) is 31.2 Å². The molecule has 0 spiro atoms. The highest BCUT2D eigenvalue weighted by Gasteiger charge is 2.22. The maximum absolute atomic E-state index is 12.7. The molecule has 29 heavy (non-hydrogen) atoms. The van der Waals surface area contributed by atoms with Gasteiger partial charge in [0.15, 0.2) is 0 Å². The number of anilines is 2. The van der Waals surface area contributed by atoms with Gasteiger partial charge in [-0.3, -0.25) is 4.79 Å². The van der Waals surface area contributed by atoms with Crippen LogP contribution < -0.4 is 20.3 Å². The van der Waals surface area contributed by atoms with Crippen molar-refractivity contribution in [3.05, 3.63) is 84.1 Å². The Balaban J connectivity index is 1.46. The number of hydrogen-bond acceptors (Lipinski definition) is 5. The number of aromatic nitrogens is 1. The molecule has 1 fully saturated rings. The van der Waals surface area contributed by atoms with Crippen LogP contribution in [0, 0.1) is 0 Å². The first kappa shape index (κ1) is 19.0. The van der Waals surface area contributed by atoms with Crippen LogP contribution in [0.4, 0.5) is 11.5 Å². The van der Waals surface area contributed by atoms with Crippen LogP contribution in [-0.4, -0.2) is 37.6 Å². The quantitative estimate of drug-likeness (QED) is 0.700. The van der Waals surface area contributed by atoms with Gasteiger partial charge in [-0.1, -0.05) is 36.4 Å². The van der Waals surface area contributed by atoms with Gasteiger partial charge in [0.05, 0.1) is 7.11 Å². The third-order valence-electron chi connectivity index (χ3n) is 5.02. The van der Waals surface area contributed by atoms with Crippen LogP contribution in [0.5, 0.6) is 5.75 Å². The molecule has 0 radical (unpaired) electrons. The number of pyridine rings is 1. The third kappa shape index (κ3) is 4.55. The molecule has 148 valence electrons. The average Bonchev–Trinajstić information content (AvgIpc) is 2.80. The molecule has 1 atom stereocenters. The first-order chi connectivity index (χ1) is 14.2. The Morgan fingerprint density at radius 3 is 2.62 bits per heavy atom. The number of methoxy groups -OCH3 is 1. The summed E-state index contributed by atoms with van der Waals surface area (Å²) in [6, 6.07) is 23.4. The highest BCUT2D eigenvalue weighted by atomic mass is 16.5. The molecule has 1 aromatic heterocycles. The zero-order valence-corrected chi connectivity index (χ0v) is 16.3. The Labute approximate surface area is 170 Å². The number of hydrogen-bond donors (Lipinski definition) is 2. The fraction of sp³-hybridized carbons (Fsp3) is 0.217. The van der Waals surface area contributed by atoms with E-state index in [2.05, 4.69) is 44.8 Å². The molecule has 1 aliphatic heterocycles. The predicted molar refractivity (Wildman–Crippen MR) is 115 cm³/mol. The number of benzene rings is 2. The largest absolute Gasteiger partial charge is 0.497 e. The molecule has 2 heterocycles. The van der Waals surface area contributed by atoms with E-state index >= 15 is 0 Å². The summed E-state index contributed by atoms with van der Waals surface area (Å²) in [4.78, 5) is 19.5. The molecule has 2 N–H and O–H groups in total. The fourth-order valence-corrected chi connectivity index (χ4v) is 3.46. The van der Waals surface area contributed by atoms with E-state index in [1.54, 1.807) is 25.3 Å². The lowest BCUT2D eigenvalue weighted by molar-refractivity contribution is 0.102. The van der Waals surface area contributed by atoms with Crippen molar-refractivity contribution in [1.82, 2.24) is 10.3 Å². The van der Waals surface area contributed by atoms with E-state index < -0.39 is 0 Å². The van der Waals surface area contributed by atoms with Gasteiger partial charge in [0.2, 0.25) is 0 Å². The number of nitrogens with one attached hydrogen (secondary N) is 2. The van der Waals surface area contributed by atoms with Crippen LogP contribution in [0.15, 0.2) is 72.8 Å². The Morgan fingerprint density at radius 2 is 1.86 bits per heavy atom. The molecule has 0 aliphatic carbocycles. The summed E-state index contributed by atoms with van der Waals surface area (Å²) in [5.41, 5.74) is 2.35. The summed E-state index contributed by atoms with van der Waals surface area (Å²) in [7, 11) is 1.61. The Bertz CT molecular complexity index is 960. The normalized spacial score (nSPS) is 16.3. The highest BCUT2D eigenvalue weighted by Crippen LogP contribution is 2.22. The van der Waals surface area contributed by atoms with E-state index in [0.29, 0.717) is 11.4 Å². The third-order valence-corrected chi connectivity index (χ3v) is 5.02. The number of piperazine rings is 1. The maximum Gasteiger partial charge on any atom is 0.274 e. The van der Waals surface area contributed by atoms with Crippen molar-refractivity contribution in [2.24, 2.45) is 0 Å². The molecule has 0 bridgehead atoms. The molecule has 1 amide bonds. The lowest BCUT2D eigenvalue weighted by Gasteiger charge is -2.34. The predicted octanol–water partition coefficient (Wildman–Crippen LogP) is 3.49. The van der Waals surface area contributed by atoms with E-state index in [1.807, 2.05) is 30.3 Å². The molecule has 0 saturated carbocycles. The zero-order chi connectivity index (χ0) is 20.1. The number of nitrogens with zero attached hydrogens (tertiary/aromatic N) is 2. The van der Waals surface area contributed by atoms with Crippen LogP contribution in [0.1, 0.15) is 22.1 Å². The van der Waals surface area contributed by atoms with Crippen LogP contribution in [0.3, 0.4) is 0 Å². The van der Waals surface area contributed by atoms with E-state index in [4.69, 9.17) is 4.74 Å². The summed E-state index contributed by atoms with van der Waals surface area (Å²) in [5.74, 6) is 1.33. The van der Waals surface area contributed by atoms with E-state index in [9.17, 15) is 4.79 Å². The first-order valence-corrected chi connectivity index (χ1v) is 9.68. The second kappa shape index (κ2) is 8.75. The van der Waals surface area contributed by atoms with Crippen molar-refractivity contribution in [1.29, 1.82) is 0 Å². The van der Waals surface area contributed by atoms with Crippen molar-refractivity contribution in [3.63, 3.8) is 0 Å². The number of amides is 1. The number of carbonyl (C=O) groups is 1. The molecule has 1 saturated heterocycles. The minimum Gasteiger partial charge on any atom is -0.497 e. The Hall–Kier alpha value is -3.38. The molecular formula is C23H24N4O2.